The van der Waals surface area contributed by atoms with Gasteiger partial charge in [0.25, 0.3) is 0 Å². The summed E-state index contributed by atoms with van der Waals surface area (Å²) in [5.41, 5.74) is 17.8. The number of nitriles is 2. The Labute approximate surface area is 586 Å². The number of hydrogen-bond donors (Lipinski definition) is 0. The SMILES string of the molecule is N#Cc1cc2ccc3cc(-c4cc5c6ccccc6ccc5c5ccccc45)cc4c3c2c(c1)n4-c1ccccc1.N#Cc1ccc2c3c1ccc1c(-c4ccc(-c5cc6c7ccccc7c(-c7cccc8ccccc78)cc6c6ccccc56)c5ccccc45)ccc(c13)n2-c1ccccc1. The topological polar surface area (TPSA) is 57.4 Å². The highest BCUT2D eigenvalue weighted by Crippen LogP contribution is 2.50. The van der Waals surface area contributed by atoms with Crippen LogP contribution in [-0.2, 0) is 0 Å². The molecule has 102 heavy (non-hydrogen) atoms. The largest absolute Gasteiger partial charge is 0.309 e. The minimum Gasteiger partial charge on any atom is -0.309 e. The molecule has 0 saturated heterocycles. The predicted octanol–water partition coefficient (Wildman–Crippen LogP) is 26.4. The van der Waals surface area contributed by atoms with E-state index in [1.807, 2.05) is 24.3 Å². The molecular weight excluding hydrogens is 1230 g/mol. The molecule has 0 aliphatic carbocycles. The minimum atomic E-state index is 0.674. The van der Waals surface area contributed by atoms with Gasteiger partial charge in [0.15, 0.2) is 0 Å². The Morgan fingerprint density at radius 1 is 0.196 bits per heavy atom. The third-order valence-corrected chi connectivity index (χ3v) is 21.9. The molecule has 4 heteroatoms. The second-order valence-electron chi connectivity index (χ2n) is 27.1. The van der Waals surface area contributed by atoms with E-state index in [1.165, 1.54) is 158 Å². The number of hydrogen-bond acceptors (Lipinski definition) is 2. The van der Waals surface area contributed by atoms with Gasteiger partial charge < -0.3 is 9.13 Å². The molecule has 22 aromatic rings. The molecule has 0 radical (unpaired) electrons. The predicted molar refractivity (Wildman–Crippen MR) is 430 cm³/mol. The quantitative estimate of drug-likeness (QED) is 0.156. The van der Waals surface area contributed by atoms with Crippen LogP contribution in [0.3, 0.4) is 0 Å². The molecule has 0 saturated carbocycles. The van der Waals surface area contributed by atoms with Gasteiger partial charge in [0, 0.05) is 38.3 Å². The average molecular weight is 1290 g/mol. The van der Waals surface area contributed by atoms with E-state index < -0.39 is 0 Å². The second kappa shape index (κ2) is 22.3. The first-order valence-corrected chi connectivity index (χ1v) is 34.8. The van der Waals surface area contributed by atoms with Crippen molar-refractivity contribution in [3.8, 4) is 68.0 Å². The van der Waals surface area contributed by atoms with E-state index in [-0.39, 0.29) is 0 Å². The minimum absolute atomic E-state index is 0.674. The summed E-state index contributed by atoms with van der Waals surface area (Å²) >= 11 is 0. The number of fused-ring (bicyclic) bond motifs is 12. The van der Waals surface area contributed by atoms with Gasteiger partial charge in [-0.1, -0.05) is 255 Å². The van der Waals surface area contributed by atoms with Crippen molar-refractivity contribution in [1.82, 2.24) is 9.13 Å². The number of nitrogens with zero attached hydrogens (tertiary/aromatic N) is 4. The number of rotatable bonds is 6. The van der Waals surface area contributed by atoms with Crippen LogP contribution in [0.15, 0.2) is 340 Å². The fraction of sp³-hybridized carbons (Fsp3) is 0. The molecule has 468 valence electrons. The van der Waals surface area contributed by atoms with E-state index in [0.717, 1.165) is 49.6 Å². The van der Waals surface area contributed by atoms with Crippen molar-refractivity contribution in [2.24, 2.45) is 0 Å². The lowest BCUT2D eigenvalue weighted by Gasteiger charge is -2.19. The van der Waals surface area contributed by atoms with Crippen LogP contribution in [0.25, 0.3) is 207 Å². The molecular formula is C98H56N4. The monoisotopic (exact) mass is 1290 g/mol. The summed E-state index contributed by atoms with van der Waals surface area (Å²) in [5.74, 6) is 0. The highest BCUT2D eigenvalue weighted by molar-refractivity contribution is 6.31. The summed E-state index contributed by atoms with van der Waals surface area (Å²) in [4.78, 5) is 0. The lowest BCUT2D eigenvalue weighted by atomic mass is 9.85. The Balaban J connectivity index is 0.000000143. The fourth-order valence-corrected chi connectivity index (χ4v) is 17.5. The molecule has 0 atom stereocenters. The zero-order valence-electron chi connectivity index (χ0n) is 55.1. The third kappa shape index (κ3) is 8.42. The lowest BCUT2D eigenvalue weighted by molar-refractivity contribution is 1.18. The van der Waals surface area contributed by atoms with Crippen molar-refractivity contribution in [2.45, 2.75) is 0 Å². The molecule has 0 aliphatic rings. The normalized spacial score (nSPS) is 11.9. The Morgan fingerprint density at radius 2 is 0.588 bits per heavy atom. The van der Waals surface area contributed by atoms with Crippen molar-refractivity contribution >= 4 is 151 Å². The van der Waals surface area contributed by atoms with Crippen molar-refractivity contribution in [3.05, 3.63) is 351 Å². The van der Waals surface area contributed by atoms with Crippen molar-refractivity contribution in [2.75, 3.05) is 0 Å². The molecule has 0 amide bonds. The molecule has 0 fully saturated rings. The smallest absolute Gasteiger partial charge is 0.0998 e. The van der Waals surface area contributed by atoms with Gasteiger partial charge in [0.05, 0.1) is 45.3 Å². The highest BCUT2D eigenvalue weighted by atomic mass is 15.0. The summed E-state index contributed by atoms with van der Waals surface area (Å²) in [7, 11) is 0. The van der Waals surface area contributed by atoms with Crippen LogP contribution in [-0.4, -0.2) is 9.13 Å². The zero-order chi connectivity index (χ0) is 67.3. The van der Waals surface area contributed by atoms with Crippen LogP contribution in [0.5, 0.6) is 0 Å². The Bertz CT molecular complexity index is 7380. The van der Waals surface area contributed by atoms with E-state index in [0.29, 0.717) is 11.1 Å². The molecule has 0 aliphatic heterocycles. The maximum absolute atomic E-state index is 10.2. The van der Waals surface area contributed by atoms with Gasteiger partial charge in [-0.3, -0.25) is 0 Å². The van der Waals surface area contributed by atoms with Crippen molar-refractivity contribution < 1.29 is 0 Å². The van der Waals surface area contributed by atoms with Crippen molar-refractivity contribution in [1.29, 1.82) is 10.5 Å². The van der Waals surface area contributed by atoms with E-state index in [4.69, 9.17) is 0 Å². The van der Waals surface area contributed by atoms with Gasteiger partial charge in [-0.05, 0) is 232 Å². The lowest BCUT2D eigenvalue weighted by Crippen LogP contribution is -1.94. The van der Waals surface area contributed by atoms with Crippen LogP contribution in [0.1, 0.15) is 11.1 Å². The Morgan fingerprint density at radius 3 is 1.21 bits per heavy atom. The number of aromatic nitrogens is 2. The third-order valence-electron chi connectivity index (χ3n) is 21.9. The standard InChI is InChI=1S/C59H34N2.C39H22N2/c60-35-37-25-31-56-58-40(37)26-29-51-49(30-32-57(59(51)58)61(56)38-15-2-1-3-16-38)48-27-28-50(43-19-7-6-18-42(43)48)53-34-55-46-22-10-8-20-44(46)52(33-54(55)47-23-11-9-21-45(47)53)41-24-12-14-36-13-4-5-17-39(36)41;40-23-24-18-26-14-15-27-20-28(21-37-39(27)38(26)36(19-24)41(37)29-9-2-1-3-10-29)34-22-35-30-11-5-4-8-25(30)16-17-33(35)31-12-6-7-13-32(31)34/h1-34H;1-22H. The molecule has 20 aromatic carbocycles. The molecule has 2 aromatic heterocycles. The molecule has 0 bridgehead atoms. The fourth-order valence-electron chi connectivity index (χ4n) is 17.5. The maximum Gasteiger partial charge on any atom is 0.0998 e. The molecule has 22 rings (SSSR count). The second-order valence-corrected chi connectivity index (χ2v) is 27.1. The molecule has 0 spiro atoms. The average Bonchev–Trinajstić information content (AvgIpc) is 1.49. The molecule has 0 N–H and O–H groups in total. The summed E-state index contributed by atoms with van der Waals surface area (Å²) in [6, 6.07) is 128. The van der Waals surface area contributed by atoms with Gasteiger partial charge in [-0.2, -0.15) is 10.5 Å². The summed E-state index contributed by atoms with van der Waals surface area (Å²) in [6.45, 7) is 0. The van der Waals surface area contributed by atoms with Gasteiger partial charge >= 0.3 is 0 Å². The van der Waals surface area contributed by atoms with Gasteiger partial charge in [0.2, 0.25) is 0 Å². The van der Waals surface area contributed by atoms with Crippen LogP contribution in [0, 0.1) is 22.7 Å². The Kier molecular flexibility index (Phi) is 12.5. The first kappa shape index (κ1) is 57.2. The molecule has 0 unspecified atom stereocenters. The van der Waals surface area contributed by atoms with E-state index in [1.54, 1.807) is 0 Å². The first-order chi connectivity index (χ1) is 50.5. The van der Waals surface area contributed by atoms with Crippen LogP contribution in [0.2, 0.25) is 0 Å². The summed E-state index contributed by atoms with van der Waals surface area (Å²) in [5, 5.41) is 49.3. The zero-order valence-corrected chi connectivity index (χ0v) is 55.1. The Hall–Kier alpha value is -13.9. The number of benzene rings is 20. The number of para-hydroxylation sites is 2. The van der Waals surface area contributed by atoms with E-state index >= 15 is 0 Å². The van der Waals surface area contributed by atoms with E-state index in [2.05, 4.69) is 337 Å². The van der Waals surface area contributed by atoms with Gasteiger partial charge in [-0.15, -0.1) is 0 Å². The molecule has 4 nitrogen and oxygen atoms in total. The van der Waals surface area contributed by atoms with Crippen LogP contribution < -0.4 is 0 Å². The van der Waals surface area contributed by atoms with Gasteiger partial charge in [0.1, 0.15) is 0 Å². The first-order valence-electron chi connectivity index (χ1n) is 34.8. The maximum atomic E-state index is 10.2. The summed E-state index contributed by atoms with van der Waals surface area (Å²) in [6.07, 6.45) is 0. The van der Waals surface area contributed by atoms with Crippen LogP contribution in [0.4, 0.5) is 0 Å². The van der Waals surface area contributed by atoms with Crippen molar-refractivity contribution in [3.63, 3.8) is 0 Å². The molecule has 2 heterocycles. The highest BCUT2D eigenvalue weighted by Gasteiger charge is 2.25. The van der Waals surface area contributed by atoms with Crippen LogP contribution >= 0.6 is 0 Å². The van der Waals surface area contributed by atoms with E-state index in [9.17, 15) is 10.5 Å². The van der Waals surface area contributed by atoms with Gasteiger partial charge in [-0.25, -0.2) is 0 Å². The summed E-state index contributed by atoms with van der Waals surface area (Å²) < 4.78 is 4.67.